The summed E-state index contributed by atoms with van der Waals surface area (Å²) in [5.41, 5.74) is 9.10. The summed E-state index contributed by atoms with van der Waals surface area (Å²) in [6.45, 7) is 5.10. The first-order valence-electron chi connectivity index (χ1n) is 12.8. The number of aromatic nitrogens is 3. The second-order valence-corrected chi connectivity index (χ2v) is 10.1. The van der Waals surface area contributed by atoms with Crippen LogP contribution in [0.2, 0.25) is 0 Å². The number of aryl methyl sites for hydroxylation is 1. The van der Waals surface area contributed by atoms with Gasteiger partial charge >= 0.3 is 6.09 Å². The number of primary amides is 1. The van der Waals surface area contributed by atoms with Crippen LogP contribution in [0.1, 0.15) is 52.9 Å². The Morgan fingerprint density at radius 1 is 0.923 bits per heavy atom. The Morgan fingerprint density at radius 3 is 2.23 bits per heavy atom. The van der Waals surface area contributed by atoms with Crippen molar-refractivity contribution < 1.29 is 14.3 Å². The van der Waals surface area contributed by atoms with Crippen LogP contribution in [-0.2, 0) is 30.8 Å². The minimum absolute atomic E-state index is 0.0330. The van der Waals surface area contributed by atoms with Crippen molar-refractivity contribution in [3.05, 3.63) is 123 Å². The van der Waals surface area contributed by atoms with E-state index >= 15 is 0 Å². The van der Waals surface area contributed by atoms with Gasteiger partial charge in [0.05, 0.1) is 24.8 Å². The Hall–Kier alpha value is -4.66. The molecule has 4 rings (SSSR count). The lowest BCUT2D eigenvalue weighted by molar-refractivity contribution is 0.0394. The van der Waals surface area contributed by atoms with E-state index in [1.807, 2.05) is 68.4 Å². The summed E-state index contributed by atoms with van der Waals surface area (Å²) in [6, 6.07) is 21.1. The van der Waals surface area contributed by atoms with E-state index in [0.717, 1.165) is 28.7 Å². The van der Waals surface area contributed by atoms with Gasteiger partial charge in [0.2, 0.25) is 0 Å². The van der Waals surface area contributed by atoms with Crippen LogP contribution in [-0.4, -0.2) is 31.9 Å². The quantitative estimate of drug-likeness (QED) is 0.307. The molecule has 202 valence electrons. The van der Waals surface area contributed by atoms with Gasteiger partial charge in [0, 0.05) is 25.0 Å². The number of nitrogens with zero attached hydrogens (tertiary/aromatic N) is 3. The van der Waals surface area contributed by atoms with E-state index in [0.29, 0.717) is 31.6 Å². The maximum absolute atomic E-state index is 12.7. The number of amides is 2. The van der Waals surface area contributed by atoms with Crippen molar-refractivity contribution in [1.82, 2.24) is 19.7 Å². The highest BCUT2D eigenvalue weighted by Gasteiger charge is 2.21. The lowest BCUT2D eigenvalue weighted by Gasteiger charge is -2.23. The van der Waals surface area contributed by atoms with Gasteiger partial charge in [-0.05, 0) is 55.0 Å². The zero-order chi connectivity index (χ0) is 27.8. The molecule has 0 spiro atoms. The summed E-state index contributed by atoms with van der Waals surface area (Å²) in [5.74, 6) is -0.195. The summed E-state index contributed by atoms with van der Waals surface area (Å²) >= 11 is 0. The number of carbonyl (C=O) groups is 2. The molecule has 0 radical (unpaired) electrons. The van der Waals surface area contributed by atoms with Crippen LogP contribution in [0, 0.1) is 0 Å². The molecule has 0 fully saturated rings. The highest BCUT2D eigenvalue weighted by Crippen LogP contribution is 2.18. The second-order valence-electron chi connectivity index (χ2n) is 10.1. The van der Waals surface area contributed by atoms with Crippen LogP contribution in [0.15, 0.2) is 90.1 Å². The first kappa shape index (κ1) is 27.4. The number of benzene rings is 2. The van der Waals surface area contributed by atoms with Crippen molar-refractivity contribution in [1.29, 1.82) is 0 Å². The normalized spacial score (nSPS) is 11.2. The second kappa shape index (κ2) is 12.3. The van der Waals surface area contributed by atoms with E-state index in [1.165, 1.54) is 0 Å². The molecule has 0 unspecified atom stereocenters. The number of rotatable bonds is 11. The molecule has 0 saturated carbocycles. The lowest BCUT2D eigenvalue weighted by atomic mass is 9.98. The predicted octanol–water partition coefficient (Wildman–Crippen LogP) is 3.88. The zero-order valence-corrected chi connectivity index (χ0v) is 22.2. The molecule has 2 heterocycles. The highest BCUT2D eigenvalue weighted by atomic mass is 16.6. The molecule has 0 aliphatic carbocycles. The monoisotopic (exact) mass is 527 g/mol. The number of pyridine rings is 1. The Kier molecular flexibility index (Phi) is 8.60. The number of carbonyl (C=O) groups excluding carboxylic acids is 2. The summed E-state index contributed by atoms with van der Waals surface area (Å²) in [5, 5.41) is 7.26. The van der Waals surface area contributed by atoms with Crippen LogP contribution >= 0.6 is 0 Å². The van der Waals surface area contributed by atoms with Gasteiger partial charge in [0.15, 0.2) is 0 Å². The van der Waals surface area contributed by atoms with Gasteiger partial charge in [-0.15, -0.1) is 0 Å². The van der Waals surface area contributed by atoms with Crippen LogP contribution < -0.4 is 16.6 Å². The number of nitrogens with two attached hydrogens (primary N) is 1. The average Bonchev–Trinajstić information content (AvgIpc) is 3.37. The molecule has 9 heteroatoms. The van der Waals surface area contributed by atoms with Gasteiger partial charge in [-0.25, -0.2) is 4.79 Å². The fourth-order valence-electron chi connectivity index (χ4n) is 4.17. The summed E-state index contributed by atoms with van der Waals surface area (Å²) in [7, 11) is 0. The van der Waals surface area contributed by atoms with Gasteiger partial charge in [0.25, 0.3) is 11.5 Å². The first-order valence-corrected chi connectivity index (χ1v) is 12.8. The molecule has 0 aliphatic rings. The molecule has 2 aromatic heterocycles. The van der Waals surface area contributed by atoms with Crippen LogP contribution in [0.4, 0.5) is 4.79 Å². The van der Waals surface area contributed by atoms with Crippen LogP contribution in [0.5, 0.6) is 0 Å². The number of hydrogen-bond donors (Lipinski definition) is 2. The standard InChI is InChI=1S/C30H33N5O4/c1-30(2,39-29(31)38)15-14-22-6-8-23(9-7-22)17-32-28(37)26-18-33-35(21-26)20-25-12-10-24(11-13-25)19-34-16-4-3-5-27(34)36/h3-13,16,18,21H,14-15,17,19-20H2,1-2H3,(H2,31,38)(H,32,37). The van der Waals surface area contributed by atoms with Crippen LogP contribution in [0.25, 0.3) is 0 Å². The largest absolute Gasteiger partial charge is 0.444 e. The van der Waals surface area contributed by atoms with Crippen molar-refractivity contribution in [2.45, 2.75) is 51.9 Å². The van der Waals surface area contributed by atoms with Gasteiger partial charge < -0.3 is 20.4 Å². The molecule has 0 aliphatic heterocycles. The Morgan fingerprint density at radius 2 is 1.56 bits per heavy atom. The average molecular weight is 528 g/mol. The Balaban J connectivity index is 1.25. The first-order chi connectivity index (χ1) is 18.7. The molecule has 0 atom stereocenters. The maximum Gasteiger partial charge on any atom is 0.405 e. The van der Waals surface area contributed by atoms with Crippen molar-refractivity contribution in [2.75, 3.05) is 0 Å². The fourth-order valence-corrected chi connectivity index (χ4v) is 4.17. The molecular weight excluding hydrogens is 494 g/mol. The Bertz CT molecular complexity index is 1470. The zero-order valence-electron chi connectivity index (χ0n) is 22.2. The van der Waals surface area contributed by atoms with Gasteiger partial charge in [0.1, 0.15) is 5.60 Å². The molecule has 0 saturated heterocycles. The third kappa shape index (κ3) is 8.16. The minimum atomic E-state index is -0.773. The number of hydrogen-bond acceptors (Lipinski definition) is 5. The van der Waals surface area contributed by atoms with E-state index in [9.17, 15) is 14.4 Å². The maximum atomic E-state index is 12.7. The van der Waals surface area contributed by atoms with E-state index in [4.69, 9.17) is 10.5 Å². The van der Waals surface area contributed by atoms with Gasteiger partial charge in [-0.3, -0.25) is 14.3 Å². The van der Waals surface area contributed by atoms with E-state index in [1.54, 1.807) is 40.0 Å². The van der Waals surface area contributed by atoms with Crippen molar-refractivity contribution in [2.24, 2.45) is 5.73 Å². The smallest absolute Gasteiger partial charge is 0.405 e. The molecule has 9 nitrogen and oxygen atoms in total. The van der Waals surface area contributed by atoms with E-state index in [-0.39, 0.29) is 11.5 Å². The minimum Gasteiger partial charge on any atom is -0.444 e. The molecular formula is C30H33N5O4. The van der Waals surface area contributed by atoms with E-state index in [2.05, 4.69) is 10.4 Å². The van der Waals surface area contributed by atoms with Gasteiger partial charge in [-0.1, -0.05) is 54.6 Å². The van der Waals surface area contributed by atoms with Crippen molar-refractivity contribution in [3.63, 3.8) is 0 Å². The fraction of sp³-hybridized carbons (Fsp3) is 0.267. The molecule has 3 N–H and O–H groups in total. The topological polar surface area (TPSA) is 121 Å². The third-order valence-corrected chi connectivity index (χ3v) is 6.38. The third-order valence-electron chi connectivity index (χ3n) is 6.38. The molecule has 2 aromatic carbocycles. The SMILES string of the molecule is CC(C)(CCc1ccc(CNC(=O)c2cnn(Cc3ccc(Cn4ccccc4=O)cc3)c2)cc1)OC(N)=O. The molecule has 0 bridgehead atoms. The highest BCUT2D eigenvalue weighted by molar-refractivity contribution is 5.93. The summed E-state index contributed by atoms with van der Waals surface area (Å²) < 4.78 is 8.51. The molecule has 2 amide bonds. The predicted molar refractivity (Wildman–Crippen MR) is 148 cm³/mol. The van der Waals surface area contributed by atoms with Crippen molar-refractivity contribution in [3.8, 4) is 0 Å². The summed E-state index contributed by atoms with van der Waals surface area (Å²) in [6.07, 6.45) is 5.67. The lowest BCUT2D eigenvalue weighted by Crippen LogP contribution is -2.31. The van der Waals surface area contributed by atoms with Crippen LogP contribution in [0.3, 0.4) is 0 Å². The van der Waals surface area contributed by atoms with Crippen molar-refractivity contribution >= 4 is 12.0 Å². The Labute approximate surface area is 227 Å². The van der Waals surface area contributed by atoms with Gasteiger partial charge in [-0.2, -0.15) is 5.10 Å². The molecule has 4 aromatic rings. The van der Waals surface area contributed by atoms with E-state index < -0.39 is 11.7 Å². The summed E-state index contributed by atoms with van der Waals surface area (Å²) in [4.78, 5) is 35.6. The number of nitrogens with one attached hydrogen (secondary N) is 1. The number of ether oxygens (including phenoxy) is 1. The molecule has 39 heavy (non-hydrogen) atoms.